The van der Waals surface area contributed by atoms with E-state index in [1.165, 1.54) is 6.33 Å². The number of aromatic nitrogens is 3. The van der Waals surface area contributed by atoms with Crippen molar-refractivity contribution in [2.24, 2.45) is 5.92 Å². The zero-order valence-electron chi connectivity index (χ0n) is 13.7. The molecule has 3 aliphatic heterocycles. The number of carbonyl (C=O) groups is 2. The molecule has 3 fully saturated rings. The molecule has 7 nitrogen and oxygen atoms in total. The maximum atomic E-state index is 12.5. The Morgan fingerprint density at radius 2 is 2.17 bits per heavy atom. The smallest absolute Gasteiger partial charge is 0.227 e. The molecule has 0 aliphatic carbocycles. The molecule has 7 heteroatoms. The molecule has 0 saturated carbocycles. The maximum absolute atomic E-state index is 12.5. The van der Waals surface area contributed by atoms with Crippen molar-refractivity contribution in [3.63, 3.8) is 0 Å². The van der Waals surface area contributed by atoms with Crippen molar-refractivity contribution in [2.45, 2.75) is 51.6 Å². The fraction of sp³-hybridized carbons (Fsp3) is 0.750. The second-order valence-corrected chi connectivity index (χ2v) is 6.52. The number of hydrogen-bond acceptors (Lipinski definition) is 4. The van der Waals surface area contributed by atoms with Crippen LogP contribution in [0.5, 0.6) is 0 Å². The highest BCUT2D eigenvalue weighted by molar-refractivity contribution is 5.83. The van der Waals surface area contributed by atoms with Gasteiger partial charge < -0.3 is 9.80 Å². The third-order valence-electron chi connectivity index (χ3n) is 4.86. The van der Waals surface area contributed by atoms with E-state index >= 15 is 0 Å². The van der Waals surface area contributed by atoms with Gasteiger partial charge in [0.1, 0.15) is 12.7 Å². The van der Waals surface area contributed by atoms with Crippen molar-refractivity contribution in [1.82, 2.24) is 24.6 Å². The fourth-order valence-corrected chi connectivity index (χ4v) is 3.68. The third-order valence-corrected chi connectivity index (χ3v) is 4.86. The predicted molar refractivity (Wildman–Crippen MR) is 84.4 cm³/mol. The van der Waals surface area contributed by atoms with Gasteiger partial charge in [-0.15, -0.1) is 0 Å². The Balaban J connectivity index is 1.56. The first-order valence-corrected chi connectivity index (χ1v) is 8.59. The van der Waals surface area contributed by atoms with E-state index in [1.54, 1.807) is 11.0 Å². The molecule has 3 saturated heterocycles. The number of fused-ring (bicyclic) bond motifs is 4. The van der Waals surface area contributed by atoms with Crippen LogP contribution in [0.25, 0.3) is 0 Å². The van der Waals surface area contributed by atoms with E-state index < -0.39 is 0 Å². The SMILES string of the molecule is CCCN1C(=O)[C@@H]2CC[C@H]1CN(C(=O)CCCn1cncn1)C2. The van der Waals surface area contributed by atoms with Crippen LogP contribution in [0.2, 0.25) is 0 Å². The zero-order chi connectivity index (χ0) is 16.2. The van der Waals surface area contributed by atoms with Gasteiger partial charge in [-0.1, -0.05) is 6.92 Å². The summed E-state index contributed by atoms with van der Waals surface area (Å²) in [5.41, 5.74) is 0. The highest BCUT2D eigenvalue weighted by atomic mass is 16.2. The van der Waals surface area contributed by atoms with Crippen LogP contribution >= 0.6 is 0 Å². The minimum Gasteiger partial charge on any atom is -0.340 e. The third kappa shape index (κ3) is 3.54. The Morgan fingerprint density at radius 1 is 1.30 bits per heavy atom. The van der Waals surface area contributed by atoms with E-state index in [2.05, 4.69) is 17.0 Å². The highest BCUT2D eigenvalue weighted by Crippen LogP contribution is 2.29. The fourth-order valence-electron chi connectivity index (χ4n) is 3.68. The molecule has 2 amide bonds. The van der Waals surface area contributed by atoms with Crippen molar-refractivity contribution in [3.05, 3.63) is 12.7 Å². The average molecular weight is 319 g/mol. The average Bonchev–Trinajstić information content (AvgIpc) is 2.91. The summed E-state index contributed by atoms with van der Waals surface area (Å²) in [6, 6.07) is 0.209. The summed E-state index contributed by atoms with van der Waals surface area (Å²) in [6.45, 7) is 4.91. The lowest BCUT2D eigenvalue weighted by atomic mass is 9.94. The standard InChI is InChI=1S/C16H25N5O2/c1-2-7-21-14-6-5-13(16(21)23)9-19(10-14)15(22)4-3-8-20-12-17-11-18-20/h11-14H,2-10H2,1H3/t13-,14+/m1/s1. The van der Waals surface area contributed by atoms with Gasteiger partial charge in [0.2, 0.25) is 11.8 Å². The van der Waals surface area contributed by atoms with E-state index in [-0.39, 0.29) is 23.8 Å². The second-order valence-electron chi connectivity index (χ2n) is 6.52. The normalized spacial score (nSPS) is 24.1. The summed E-state index contributed by atoms with van der Waals surface area (Å²) in [5.74, 6) is 0.411. The molecule has 0 N–H and O–H groups in total. The van der Waals surface area contributed by atoms with Crippen LogP contribution in [0.3, 0.4) is 0 Å². The van der Waals surface area contributed by atoms with Crippen molar-refractivity contribution in [1.29, 1.82) is 0 Å². The van der Waals surface area contributed by atoms with E-state index in [0.717, 1.165) is 32.2 Å². The first kappa shape index (κ1) is 16.0. The van der Waals surface area contributed by atoms with Crippen LogP contribution in [0.15, 0.2) is 12.7 Å². The number of nitrogens with zero attached hydrogens (tertiary/aromatic N) is 5. The first-order chi connectivity index (χ1) is 11.2. The molecule has 126 valence electrons. The number of carbonyl (C=O) groups excluding carboxylic acids is 2. The van der Waals surface area contributed by atoms with Crippen LogP contribution in [0.1, 0.15) is 39.0 Å². The maximum Gasteiger partial charge on any atom is 0.227 e. The number of aryl methyl sites for hydroxylation is 1. The molecule has 3 aliphatic rings. The van der Waals surface area contributed by atoms with Crippen LogP contribution in [0, 0.1) is 5.92 Å². The van der Waals surface area contributed by atoms with Crippen molar-refractivity contribution < 1.29 is 9.59 Å². The minimum atomic E-state index is -0.000402. The molecule has 0 aromatic carbocycles. The summed E-state index contributed by atoms with van der Waals surface area (Å²) in [6.07, 6.45) is 7.34. The molecular formula is C16H25N5O2. The van der Waals surface area contributed by atoms with Crippen molar-refractivity contribution in [2.75, 3.05) is 19.6 Å². The van der Waals surface area contributed by atoms with E-state index in [9.17, 15) is 9.59 Å². The summed E-state index contributed by atoms with van der Waals surface area (Å²) in [5, 5.41) is 4.04. The molecule has 23 heavy (non-hydrogen) atoms. The van der Waals surface area contributed by atoms with Gasteiger partial charge in [-0.2, -0.15) is 5.10 Å². The zero-order valence-corrected chi connectivity index (χ0v) is 13.7. The highest BCUT2D eigenvalue weighted by Gasteiger charge is 2.41. The Morgan fingerprint density at radius 3 is 2.91 bits per heavy atom. The van der Waals surface area contributed by atoms with Crippen molar-refractivity contribution >= 4 is 11.8 Å². The molecule has 0 spiro atoms. The van der Waals surface area contributed by atoms with E-state index in [1.807, 2.05) is 9.80 Å². The molecule has 0 radical (unpaired) electrons. The molecule has 2 atom stereocenters. The molecule has 4 heterocycles. The van der Waals surface area contributed by atoms with Crippen LogP contribution in [0.4, 0.5) is 0 Å². The number of amides is 2. The lowest BCUT2D eigenvalue weighted by molar-refractivity contribution is -0.139. The summed E-state index contributed by atoms with van der Waals surface area (Å²) in [4.78, 5) is 32.8. The van der Waals surface area contributed by atoms with Crippen LogP contribution in [-0.2, 0) is 16.1 Å². The Kier molecular flexibility index (Phi) is 4.93. The van der Waals surface area contributed by atoms with Gasteiger partial charge in [0, 0.05) is 38.6 Å². The summed E-state index contributed by atoms with van der Waals surface area (Å²) in [7, 11) is 0. The quantitative estimate of drug-likeness (QED) is 0.781. The second kappa shape index (κ2) is 7.10. The van der Waals surface area contributed by atoms with E-state index in [4.69, 9.17) is 0 Å². The van der Waals surface area contributed by atoms with E-state index in [0.29, 0.717) is 26.1 Å². The summed E-state index contributed by atoms with van der Waals surface area (Å²) < 4.78 is 1.74. The van der Waals surface area contributed by atoms with Crippen LogP contribution in [-0.4, -0.2) is 62.1 Å². The van der Waals surface area contributed by atoms with Gasteiger partial charge >= 0.3 is 0 Å². The molecule has 2 bridgehead atoms. The Labute approximate surface area is 136 Å². The summed E-state index contributed by atoms with van der Waals surface area (Å²) >= 11 is 0. The van der Waals surface area contributed by atoms with Gasteiger partial charge in [-0.05, 0) is 25.7 Å². The Bertz CT molecular complexity index is 545. The van der Waals surface area contributed by atoms with Gasteiger partial charge in [0.05, 0.1) is 5.92 Å². The number of piperidine rings is 1. The number of hydrogen-bond donors (Lipinski definition) is 0. The minimum absolute atomic E-state index is 0.000402. The topological polar surface area (TPSA) is 71.3 Å². The molecule has 0 unspecified atom stereocenters. The molecular weight excluding hydrogens is 294 g/mol. The molecule has 1 aromatic rings. The van der Waals surface area contributed by atoms with Gasteiger partial charge in [-0.3, -0.25) is 14.3 Å². The monoisotopic (exact) mass is 319 g/mol. The largest absolute Gasteiger partial charge is 0.340 e. The first-order valence-electron chi connectivity index (χ1n) is 8.59. The van der Waals surface area contributed by atoms with Crippen molar-refractivity contribution in [3.8, 4) is 0 Å². The predicted octanol–water partition coefficient (Wildman–Crippen LogP) is 0.918. The Hall–Kier alpha value is -1.92. The number of rotatable bonds is 6. The van der Waals surface area contributed by atoms with Gasteiger partial charge in [0.25, 0.3) is 0 Å². The van der Waals surface area contributed by atoms with Gasteiger partial charge in [-0.25, -0.2) is 4.98 Å². The molecule has 1 aromatic heterocycles. The lowest BCUT2D eigenvalue weighted by Crippen LogP contribution is -2.48. The van der Waals surface area contributed by atoms with Gasteiger partial charge in [0.15, 0.2) is 0 Å². The van der Waals surface area contributed by atoms with Crippen LogP contribution < -0.4 is 0 Å². The lowest BCUT2D eigenvalue weighted by Gasteiger charge is -2.35. The molecule has 4 rings (SSSR count).